The summed E-state index contributed by atoms with van der Waals surface area (Å²) >= 11 is 2.90. The molecule has 0 fully saturated rings. The van der Waals surface area contributed by atoms with Crippen molar-refractivity contribution in [3.8, 4) is 0 Å². The van der Waals surface area contributed by atoms with Crippen molar-refractivity contribution in [1.29, 1.82) is 0 Å². The minimum Gasteiger partial charge on any atom is -0.478 e. The summed E-state index contributed by atoms with van der Waals surface area (Å²) in [5.41, 5.74) is 0.0392. The largest absolute Gasteiger partial charge is 0.478 e. The molecule has 0 spiro atoms. The van der Waals surface area contributed by atoms with Crippen LogP contribution in [-0.2, 0) is 14.3 Å². The van der Waals surface area contributed by atoms with E-state index in [2.05, 4.69) is 27.2 Å². The zero-order valence-corrected chi connectivity index (χ0v) is 7.96. The lowest BCUT2D eigenvalue weighted by atomic mass is 10.2. The van der Waals surface area contributed by atoms with Crippen LogP contribution in [0.1, 0.15) is 6.42 Å². The molecule has 1 N–H and O–H groups in total. The van der Waals surface area contributed by atoms with Crippen LogP contribution in [-0.4, -0.2) is 29.0 Å². The maximum absolute atomic E-state index is 10.5. The van der Waals surface area contributed by atoms with Gasteiger partial charge in [0, 0.05) is 12.0 Å². The van der Waals surface area contributed by atoms with Crippen molar-refractivity contribution in [3.63, 3.8) is 0 Å². The monoisotopic (exact) mass is 236 g/mol. The molecule has 0 heterocycles. The van der Waals surface area contributed by atoms with Crippen molar-refractivity contribution in [2.24, 2.45) is 0 Å². The number of halogens is 1. The van der Waals surface area contributed by atoms with Gasteiger partial charge in [-0.15, -0.1) is 0 Å². The lowest BCUT2D eigenvalue weighted by molar-refractivity contribution is -0.141. The third kappa shape index (κ3) is 4.90. The number of carbonyl (C=O) groups excluding carboxylic acids is 1. The number of carboxylic acids is 1. The van der Waals surface area contributed by atoms with E-state index in [4.69, 9.17) is 5.11 Å². The van der Waals surface area contributed by atoms with E-state index < -0.39 is 11.9 Å². The molecule has 4 nitrogen and oxygen atoms in total. The molecule has 0 rings (SSSR count). The van der Waals surface area contributed by atoms with Gasteiger partial charge in [0.1, 0.15) is 5.33 Å². The molecule has 0 aromatic carbocycles. The second-order valence-electron chi connectivity index (χ2n) is 2.01. The van der Waals surface area contributed by atoms with E-state index in [0.29, 0.717) is 0 Å². The summed E-state index contributed by atoms with van der Waals surface area (Å²) in [5, 5.41) is 8.47. The van der Waals surface area contributed by atoms with Gasteiger partial charge in [-0.1, -0.05) is 22.5 Å². The Bertz CT molecular complexity index is 200. The molecule has 12 heavy (non-hydrogen) atoms. The minimum absolute atomic E-state index is 0.0392. The van der Waals surface area contributed by atoms with Crippen LogP contribution in [0.4, 0.5) is 0 Å². The van der Waals surface area contributed by atoms with E-state index in [9.17, 15) is 9.59 Å². The predicted molar refractivity (Wildman–Crippen MR) is 46.1 cm³/mol. The van der Waals surface area contributed by atoms with Crippen LogP contribution >= 0.6 is 15.9 Å². The van der Waals surface area contributed by atoms with Crippen LogP contribution in [0, 0.1) is 0 Å². The molecule has 0 radical (unpaired) electrons. The van der Waals surface area contributed by atoms with Gasteiger partial charge >= 0.3 is 11.9 Å². The quantitative estimate of drug-likeness (QED) is 0.439. The maximum Gasteiger partial charge on any atom is 0.331 e. The Labute approximate surface area is 78.3 Å². The third-order valence-electron chi connectivity index (χ3n) is 1.08. The fourth-order valence-electron chi connectivity index (χ4n) is 0.434. The first-order valence-electron chi connectivity index (χ1n) is 3.20. The Morgan fingerprint density at radius 3 is 2.50 bits per heavy atom. The van der Waals surface area contributed by atoms with Crippen LogP contribution in [0.25, 0.3) is 0 Å². The van der Waals surface area contributed by atoms with Gasteiger partial charge in [-0.3, -0.25) is 4.79 Å². The number of aliphatic carboxylic acids is 1. The van der Waals surface area contributed by atoms with Gasteiger partial charge in [-0.25, -0.2) is 4.79 Å². The van der Waals surface area contributed by atoms with Crippen molar-refractivity contribution < 1.29 is 19.4 Å². The molecule has 0 aromatic heterocycles. The number of ether oxygens (including phenoxy) is 1. The molecule has 0 atom stereocenters. The number of carboxylic acid groups (broad SMARTS) is 1. The topological polar surface area (TPSA) is 63.6 Å². The van der Waals surface area contributed by atoms with Crippen LogP contribution in [0.15, 0.2) is 12.2 Å². The van der Waals surface area contributed by atoms with E-state index in [-0.39, 0.29) is 23.9 Å². The van der Waals surface area contributed by atoms with Gasteiger partial charge in [0.25, 0.3) is 0 Å². The zero-order chi connectivity index (χ0) is 9.56. The molecule has 0 saturated carbocycles. The highest BCUT2D eigenvalue weighted by molar-refractivity contribution is 9.09. The average molecular weight is 237 g/mol. The molecular weight excluding hydrogens is 228 g/mol. The molecule has 0 unspecified atom stereocenters. The average Bonchev–Trinajstić information content (AvgIpc) is 2.03. The van der Waals surface area contributed by atoms with Crippen LogP contribution in [0.3, 0.4) is 0 Å². The second-order valence-corrected chi connectivity index (χ2v) is 2.57. The third-order valence-corrected chi connectivity index (χ3v) is 1.54. The fraction of sp³-hybridized carbons (Fsp3) is 0.429. The summed E-state index contributed by atoms with van der Waals surface area (Å²) in [6.45, 7) is 3.34. The molecule has 0 aliphatic carbocycles. The van der Waals surface area contributed by atoms with Crippen molar-refractivity contribution in [2.45, 2.75) is 6.42 Å². The zero-order valence-electron chi connectivity index (χ0n) is 6.38. The van der Waals surface area contributed by atoms with Gasteiger partial charge in [0.05, 0.1) is 6.61 Å². The number of hydrogen-bond donors (Lipinski definition) is 1. The summed E-state index contributed by atoms with van der Waals surface area (Å²) in [7, 11) is 0. The standard InChI is InChI=1S/C7H9BrO4/c1-5(7(10)11)2-3-12-6(9)4-8/h1-4H2,(H,10,11). The molecule has 0 aliphatic rings. The van der Waals surface area contributed by atoms with Gasteiger partial charge in [-0.2, -0.15) is 0 Å². The van der Waals surface area contributed by atoms with E-state index in [0.717, 1.165) is 0 Å². The lowest BCUT2D eigenvalue weighted by Crippen LogP contribution is -2.09. The summed E-state index contributed by atoms with van der Waals surface area (Å²) in [6.07, 6.45) is 0.161. The van der Waals surface area contributed by atoms with Crippen LogP contribution < -0.4 is 0 Å². The molecule has 0 aromatic rings. The molecule has 0 saturated heterocycles. The molecule has 0 aliphatic heterocycles. The maximum atomic E-state index is 10.5. The number of rotatable bonds is 5. The summed E-state index contributed by atoms with van der Waals surface area (Å²) in [5.74, 6) is -1.47. The van der Waals surface area contributed by atoms with E-state index in [1.54, 1.807) is 0 Å². The Hall–Kier alpha value is -0.840. The molecular formula is C7H9BrO4. The summed E-state index contributed by atoms with van der Waals surface area (Å²) in [6, 6.07) is 0. The fourth-order valence-corrected chi connectivity index (χ4v) is 0.595. The number of alkyl halides is 1. The Kier molecular flexibility index (Phi) is 5.36. The van der Waals surface area contributed by atoms with Crippen LogP contribution in [0.2, 0.25) is 0 Å². The first-order valence-corrected chi connectivity index (χ1v) is 4.32. The molecule has 0 bridgehead atoms. The van der Waals surface area contributed by atoms with E-state index in [1.807, 2.05) is 0 Å². The normalized spacial score (nSPS) is 9.08. The van der Waals surface area contributed by atoms with Crippen molar-refractivity contribution >= 4 is 27.9 Å². The van der Waals surface area contributed by atoms with Crippen molar-refractivity contribution in [3.05, 3.63) is 12.2 Å². The summed E-state index contributed by atoms with van der Waals surface area (Å²) < 4.78 is 4.60. The highest BCUT2D eigenvalue weighted by Gasteiger charge is 2.05. The molecule has 5 heteroatoms. The van der Waals surface area contributed by atoms with Gasteiger partial charge in [-0.05, 0) is 0 Å². The highest BCUT2D eigenvalue weighted by Crippen LogP contribution is 1.98. The molecule has 68 valence electrons. The first-order chi connectivity index (χ1) is 5.57. The van der Waals surface area contributed by atoms with Crippen molar-refractivity contribution in [2.75, 3.05) is 11.9 Å². The number of esters is 1. The lowest BCUT2D eigenvalue weighted by Gasteiger charge is -2.01. The van der Waals surface area contributed by atoms with Crippen molar-refractivity contribution in [1.82, 2.24) is 0 Å². The highest BCUT2D eigenvalue weighted by atomic mass is 79.9. The van der Waals surface area contributed by atoms with Gasteiger partial charge < -0.3 is 9.84 Å². The SMILES string of the molecule is C=C(CCOC(=O)CBr)C(=O)O. The Morgan fingerprint density at radius 2 is 2.08 bits per heavy atom. The Morgan fingerprint density at radius 1 is 1.50 bits per heavy atom. The smallest absolute Gasteiger partial charge is 0.331 e. The minimum atomic E-state index is -1.06. The predicted octanol–water partition coefficient (Wildman–Crippen LogP) is 0.955. The first kappa shape index (κ1) is 11.2. The second kappa shape index (κ2) is 5.77. The number of carbonyl (C=O) groups is 2. The van der Waals surface area contributed by atoms with Gasteiger partial charge in [0.2, 0.25) is 0 Å². The molecule has 0 amide bonds. The van der Waals surface area contributed by atoms with E-state index >= 15 is 0 Å². The van der Waals surface area contributed by atoms with Gasteiger partial charge in [0.15, 0.2) is 0 Å². The summed E-state index contributed by atoms with van der Waals surface area (Å²) in [4.78, 5) is 20.7. The Balaban J connectivity index is 3.50. The van der Waals surface area contributed by atoms with Crippen LogP contribution in [0.5, 0.6) is 0 Å². The van der Waals surface area contributed by atoms with E-state index in [1.165, 1.54) is 0 Å². The number of hydrogen-bond acceptors (Lipinski definition) is 3.